The Kier molecular flexibility index (Phi) is 3.35. The van der Waals surface area contributed by atoms with Gasteiger partial charge in [-0.3, -0.25) is 4.79 Å². The third-order valence-corrected chi connectivity index (χ3v) is 2.41. The van der Waals surface area contributed by atoms with Crippen molar-refractivity contribution in [2.45, 2.75) is 6.42 Å². The fourth-order valence-electron chi connectivity index (χ4n) is 1.61. The van der Waals surface area contributed by atoms with Crippen LogP contribution in [0, 0.1) is 0 Å². The van der Waals surface area contributed by atoms with Crippen LogP contribution in [0.3, 0.4) is 0 Å². The van der Waals surface area contributed by atoms with Crippen molar-refractivity contribution < 1.29 is 9.63 Å². The predicted molar refractivity (Wildman–Crippen MR) is 65.5 cm³/mol. The molecule has 0 unspecified atom stereocenters. The predicted octanol–water partition coefficient (Wildman–Crippen LogP) is 1.78. The van der Waals surface area contributed by atoms with Gasteiger partial charge in [0.05, 0.1) is 6.21 Å². The lowest BCUT2D eigenvalue weighted by Crippen LogP contribution is -2.14. The summed E-state index contributed by atoms with van der Waals surface area (Å²) in [6, 6.07) is 7.27. The van der Waals surface area contributed by atoms with E-state index in [9.17, 15) is 4.79 Å². The number of rotatable bonds is 3. The van der Waals surface area contributed by atoms with Gasteiger partial charge in [-0.05, 0) is 29.7 Å². The molecule has 1 aliphatic heterocycles. The third-order valence-electron chi connectivity index (χ3n) is 2.41. The molecule has 0 aromatic heterocycles. The molecule has 2 rings (SSSR count). The molecule has 0 fully saturated rings. The average Bonchev–Trinajstić information content (AvgIpc) is 2.58. The van der Waals surface area contributed by atoms with Crippen LogP contribution < -0.4 is 5.73 Å². The lowest BCUT2D eigenvalue weighted by atomic mass is 9.99. The van der Waals surface area contributed by atoms with E-state index in [0.717, 1.165) is 11.1 Å². The number of primary amides is 1. The van der Waals surface area contributed by atoms with Crippen molar-refractivity contribution in [1.29, 1.82) is 0 Å². The standard InChI is InChI=1S/C13H12N2O2/c14-13(16)12-6-2-1-5-11(12)8-10-4-3-7-17-15-9-10/h1-7,9H,8H2,(H2,14,16). The van der Waals surface area contributed by atoms with E-state index >= 15 is 0 Å². The molecule has 1 aromatic carbocycles. The molecule has 0 radical (unpaired) electrons. The van der Waals surface area contributed by atoms with Crippen molar-refractivity contribution in [3.63, 3.8) is 0 Å². The van der Waals surface area contributed by atoms with Gasteiger partial charge in [0, 0.05) is 5.56 Å². The Hall–Kier alpha value is -2.36. The van der Waals surface area contributed by atoms with Crippen LogP contribution in [0.2, 0.25) is 0 Å². The molecule has 0 saturated carbocycles. The first-order valence-corrected chi connectivity index (χ1v) is 5.20. The second-order valence-corrected chi connectivity index (χ2v) is 3.61. The zero-order chi connectivity index (χ0) is 12.1. The third kappa shape index (κ3) is 2.81. The summed E-state index contributed by atoms with van der Waals surface area (Å²) in [5.41, 5.74) is 7.69. The summed E-state index contributed by atoms with van der Waals surface area (Å²) in [6.07, 6.45) is 7.35. The maximum Gasteiger partial charge on any atom is 0.248 e. The fourth-order valence-corrected chi connectivity index (χ4v) is 1.61. The number of oxime groups is 1. The number of hydrogen-bond donors (Lipinski definition) is 1. The summed E-state index contributed by atoms with van der Waals surface area (Å²) in [5.74, 6) is -0.418. The quantitative estimate of drug-likeness (QED) is 0.857. The summed E-state index contributed by atoms with van der Waals surface area (Å²) in [7, 11) is 0. The lowest BCUT2D eigenvalue weighted by molar-refractivity contribution is 0.0999. The van der Waals surface area contributed by atoms with Crippen LogP contribution in [0.25, 0.3) is 0 Å². The number of carbonyl (C=O) groups is 1. The fraction of sp³-hybridized carbons (Fsp3) is 0.0769. The molecule has 4 heteroatoms. The van der Waals surface area contributed by atoms with Crippen molar-refractivity contribution in [3.8, 4) is 0 Å². The van der Waals surface area contributed by atoms with Gasteiger partial charge >= 0.3 is 0 Å². The molecule has 17 heavy (non-hydrogen) atoms. The second kappa shape index (κ2) is 5.12. The van der Waals surface area contributed by atoms with Crippen LogP contribution in [0.5, 0.6) is 0 Å². The molecule has 1 aliphatic rings. The van der Waals surface area contributed by atoms with E-state index in [1.807, 2.05) is 18.2 Å². The molecule has 0 aliphatic carbocycles. The molecule has 2 N–H and O–H groups in total. The first-order chi connectivity index (χ1) is 8.27. The summed E-state index contributed by atoms with van der Waals surface area (Å²) >= 11 is 0. The van der Waals surface area contributed by atoms with E-state index < -0.39 is 5.91 Å². The molecule has 0 spiro atoms. The maximum absolute atomic E-state index is 11.3. The smallest absolute Gasteiger partial charge is 0.248 e. The van der Waals surface area contributed by atoms with Crippen LogP contribution in [0.1, 0.15) is 15.9 Å². The summed E-state index contributed by atoms with van der Waals surface area (Å²) in [4.78, 5) is 16.0. The van der Waals surface area contributed by atoms with E-state index in [2.05, 4.69) is 5.16 Å². The highest BCUT2D eigenvalue weighted by Crippen LogP contribution is 2.13. The van der Waals surface area contributed by atoms with E-state index in [1.165, 1.54) is 6.26 Å². The number of hydrogen-bond acceptors (Lipinski definition) is 3. The number of allylic oxidation sites excluding steroid dienone is 3. The van der Waals surface area contributed by atoms with Gasteiger partial charge < -0.3 is 10.6 Å². The van der Waals surface area contributed by atoms with Crippen molar-refractivity contribution in [2.75, 3.05) is 0 Å². The van der Waals surface area contributed by atoms with Crippen LogP contribution in [0.15, 0.2) is 53.4 Å². The van der Waals surface area contributed by atoms with Gasteiger partial charge in [-0.2, -0.15) is 0 Å². The Morgan fingerprint density at radius 1 is 1.35 bits per heavy atom. The number of nitrogens with zero attached hydrogens (tertiary/aromatic N) is 1. The summed E-state index contributed by atoms with van der Waals surface area (Å²) < 4.78 is 0. The first kappa shape index (κ1) is 11.1. The van der Waals surface area contributed by atoms with Gasteiger partial charge in [0.25, 0.3) is 0 Å². The van der Waals surface area contributed by atoms with E-state index in [0.29, 0.717) is 12.0 Å². The monoisotopic (exact) mass is 228 g/mol. The van der Waals surface area contributed by atoms with E-state index in [-0.39, 0.29) is 0 Å². The minimum absolute atomic E-state index is 0.418. The van der Waals surface area contributed by atoms with Gasteiger partial charge in [-0.15, -0.1) is 0 Å². The van der Waals surface area contributed by atoms with Gasteiger partial charge in [0.15, 0.2) is 0 Å². The molecule has 86 valence electrons. The Morgan fingerprint density at radius 3 is 3.00 bits per heavy atom. The van der Waals surface area contributed by atoms with Crippen LogP contribution >= 0.6 is 0 Å². The molecule has 0 atom stereocenters. The Balaban J connectivity index is 2.27. The Bertz CT molecular complexity index is 516. The van der Waals surface area contributed by atoms with Crippen molar-refractivity contribution in [3.05, 3.63) is 59.4 Å². The van der Waals surface area contributed by atoms with Crippen molar-refractivity contribution in [1.82, 2.24) is 0 Å². The topological polar surface area (TPSA) is 64.7 Å². The molecule has 1 heterocycles. The van der Waals surface area contributed by atoms with Crippen molar-refractivity contribution >= 4 is 12.1 Å². The summed E-state index contributed by atoms with van der Waals surface area (Å²) in [6.45, 7) is 0. The van der Waals surface area contributed by atoms with Gasteiger partial charge in [-0.25, -0.2) is 0 Å². The minimum Gasteiger partial charge on any atom is -0.366 e. The van der Waals surface area contributed by atoms with E-state index in [4.69, 9.17) is 10.6 Å². The lowest BCUT2D eigenvalue weighted by Gasteiger charge is -2.05. The number of nitrogens with two attached hydrogens (primary N) is 1. The first-order valence-electron chi connectivity index (χ1n) is 5.20. The zero-order valence-corrected chi connectivity index (χ0v) is 9.17. The number of amides is 1. The number of carbonyl (C=O) groups excluding carboxylic acids is 1. The van der Waals surface area contributed by atoms with E-state index in [1.54, 1.807) is 24.4 Å². The highest BCUT2D eigenvalue weighted by Gasteiger charge is 2.08. The minimum atomic E-state index is -0.418. The Labute approximate surface area is 99.1 Å². The van der Waals surface area contributed by atoms with Crippen LogP contribution in [-0.2, 0) is 11.3 Å². The molecular weight excluding hydrogens is 216 g/mol. The molecule has 1 aromatic rings. The SMILES string of the molecule is NC(=O)c1ccccc1CC1=CC=CON=C1. The van der Waals surface area contributed by atoms with Gasteiger partial charge in [0.1, 0.15) is 6.26 Å². The van der Waals surface area contributed by atoms with Gasteiger partial charge in [-0.1, -0.05) is 29.4 Å². The molecule has 0 bridgehead atoms. The molecular formula is C13H12N2O2. The van der Waals surface area contributed by atoms with Crippen LogP contribution in [0.4, 0.5) is 0 Å². The highest BCUT2D eigenvalue weighted by atomic mass is 16.6. The largest absolute Gasteiger partial charge is 0.366 e. The molecule has 4 nitrogen and oxygen atoms in total. The average molecular weight is 228 g/mol. The summed E-state index contributed by atoms with van der Waals surface area (Å²) in [5, 5.41) is 3.73. The number of benzene rings is 1. The normalized spacial score (nSPS) is 13.8. The highest BCUT2D eigenvalue weighted by molar-refractivity contribution is 5.94. The van der Waals surface area contributed by atoms with Crippen LogP contribution in [-0.4, -0.2) is 12.1 Å². The molecule has 1 amide bonds. The molecule has 0 saturated heterocycles. The maximum atomic E-state index is 11.3. The zero-order valence-electron chi connectivity index (χ0n) is 9.17. The van der Waals surface area contributed by atoms with Gasteiger partial charge in [0.2, 0.25) is 5.91 Å². The second-order valence-electron chi connectivity index (χ2n) is 3.61. The Morgan fingerprint density at radius 2 is 2.18 bits per heavy atom. The van der Waals surface area contributed by atoms with Crippen molar-refractivity contribution in [2.24, 2.45) is 10.9 Å².